The van der Waals surface area contributed by atoms with Gasteiger partial charge in [0, 0.05) is 0 Å². The Kier molecular flexibility index (Phi) is 9.87. The summed E-state index contributed by atoms with van der Waals surface area (Å²) in [5.74, 6) is 1.80. The van der Waals surface area contributed by atoms with Crippen molar-refractivity contribution < 1.29 is 14.4 Å². The first-order valence-corrected chi connectivity index (χ1v) is 11.6. The van der Waals surface area contributed by atoms with Gasteiger partial charge in [-0.3, -0.25) is 9.63 Å². The minimum absolute atomic E-state index is 0.0528. The van der Waals surface area contributed by atoms with Crippen LogP contribution in [0.1, 0.15) is 50.2 Å². The van der Waals surface area contributed by atoms with E-state index in [-0.39, 0.29) is 6.04 Å². The molecular formula is C26H36N2O3. The van der Waals surface area contributed by atoms with Crippen molar-refractivity contribution in [3.8, 4) is 5.75 Å². The van der Waals surface area contributed by atoms with Crippen molar-refractivity contribution in [3.63, 3.8) is 0 Å². The second kappa shape index (κ2) is 13.1. The fraction of sp³-hybridized carbons (Fsp3) is 0.500. The number of hydrogen-bond donors (Lipinski definition) is 1. The summed E-state index contributed by atoms with van der Waals surface area (Å²) < 4.78 is 5.91. The standard InChI is InChI=1S/C26H36N2O3/c1-22(28(21-29)31-20-25-8-3-2-4-9-25)19-24-10-12-26(13-11-24)30-18-6-5-7-23-14-16-27-17-15-23/h2-4,8-13,21-23,27H,5-7,14-20H2,1H3. The van der Waals surface area contributed by atoms with E-state index in [0.717, 1.165) is 48.7 Å². The average molecular weight is 425 g/mol. The molecule has 0 radical (unpaired) electrons. The number of ether oxygens (including phenoxy) is 1. The molecule has 1 saturated heterocycles. The van der Waals surface area contributed by atoms with Gasteiger partial charge in [-0.15, -0.1) is 0 Å². The molecular weight excluding hydrogens is 388 g/mol. The van der Waals surface area contributed by atoms with Gasteiger partial charge in [-0.25, -0.2) is 5.06 Å². The van der Waals surface area contributed by atoms with Crippen LogP contribution in [0, 0.1) is 5.92 Å². The predicted molar refractivity (Wildman–Crippen MR) is 124 cm³/mol. The third-order valence-electron chi connectivity index (χ3n) is 5.95. The van der Waals surface area contributed by atoms with E-state index in [0.29, 0.717) is 6.61 Å². The van der Waals surface area contributed by atoms with Crippen LogP contribution in [-0.2, 0) is 22.7 Å². The van der Waals surface area contributed by atoms with E-state index in [9.17, 15) is 4.79 Å². The van der Waals surface area contributed by atoms with E-state index in [2.05, 4.69) is 17.4 Å². The van der Waals surface area contributed by atoms with Crippen LogP contribution in [0.5, 0.6) is 5.75 Å². The molecule has 1 fully saturated rings. The first-order chi connectivity index (χ1) is 15.2. The molecule has 31 heavy (non-hydrogen) atoms. The maximum atomic E-state index is 11.5. The van der Waals surface area contributed by atoms with Crippen LogP contribution in [0.25, 0.3) is 0 Å². The zero-order valence-corrected chi connectivity index (χ0v) is 18.7. The molecule has 1 atom stereocenters. The van der Waals surface area contributed by atoms with Crippen LogP contribution in [0.3, 0.4) is 0 Å². The molecule has 5 heteroatoms. The average Bonchev–Trinajstić information content (AvgIpc) is 2.82. The molecule has 3 rings (SSSR count). The van der Waals surface area contributed by atoms with Gasteiger partial charge in [0.2, 0.25) is 6.41 Å². The molecule has 0 spiro atoms. The molecule has 0 aliphatic carbocycles. The molecule has 1 N–H and O–H groups in total. The number of unbranched alkanes of at least 4 members (excludes halogenated alkanes) is 1. The number of hydroxylamine groups is 2. The highest BCUT2D eigenvalue weighted by atomic mass is 16.7. The first kappa shape index (κ1) is 23.3. The Hall–Kier alpha value is -2.37. The van der Waals surface area contributed by atoms with Crippen molar-refractivity contribution >= 4 is 6.41 Å². The molecule has 0 aromatic heterocycles. The summed E-state index contributed by atoms with van der Waals surface area (Å²) in [5, 5.41) is 4.83. The molecule has 168 valence electrons. The summed E-state index contributed by atoms with van der Waals surface area (Å²) in [5.41, 5.74) is 2.19. The quantitative estimate of drug-likeness (QED) is 0.286. The Morgan fingerprint density at radius 1 is 1.03 bits per heavy atom. The van der Waals surface area contributed by atoms with E-state index < -0.39 is 0 Å². The van der Waals surface area contributed by atoms with Crippen molar-refractivity contribution in [2.45, 2.75) is 58.1 Å². The summed E-state index contributed by atoms with van der Waals surface area (Å²) in [6.07, 6.45) is 7.79. The minimum Gasteiger partial charge on any atom is -0.494 e. The molecule has 1 unspecified atom stereocenters. The van der Waals surface area contributed by atoms with Crippen molar-refractivity contribution in [1.29, 1.82) is 0 Å². The molecule has 1 aliphatic heterocycles. The van der Waals surface area contributed by atoms with Gasteiger partial charge in [0.05, 0.1) is 12.6 Å². The zero-order valence-electron chi connectivity index (χ0n) is 18.7. The molecule has 5 nitrogen and oxygen atoms in total. The van der Waals surface area contributed by atoms with Crippen LogP contribution in [0.15, 0.2) is 54.6 Å². The molecule has 2 aromatic carbocycles. The normalized spacial score (nSPS) is 15.4. The topological polar surface area (TPSA) is 50.8 Å². The second-order valence-corrected chi connectivity index (χ2v) is 8.46. The lowest BCUT2D eigenvalue weighted by molar-refractivity contribution is -0.190. The largest absolute Gasteiger partial charge is 0.494 e. The Bertz CT molecular complexity index is 745. The fourth-order valence-electron chi connectivity index (χ4n) is 4.03. The minimum atomic E-state index is -0.0528. The highest BCUT2D eigenvalue weighted by Gasteiger charge is 2.14. The van der Waals surface area contributed by atoms with Crippen molar-refractivity contribution in [2.75, 3.05) is 19.7 Å². The number of amides is 1. The van der Waals surface area contributed by atoms with Crippen LogP contribution in [-0.4, -0.2) is 37.2 Å². The Balaban J connectivity index is 1.35. The number of nitrogens with one attached hydrogen (secondary N) is 1. The SMILES string of the molecule is CC(Cc1ccc(OCCCCC2CCNCC2)cc1)N(C=O)OCc1ccccc1. The van der Waals surface area contributed by atoms with E-state index in [1.165, 1.54) is 43.8 Å². The Morgan fingerprint density at radius 3 is 2.48 bits per heavy atom. The second-order valence-electron chi connectivity index (χ2n) is 8.46. The third-order valence-corrected chi connectivity index (χ3v) is 5.95. The van der Waals surface area contributed by atoms with Crippen LogP contribution in [0.2, 0.25) is 0 Å². The highest BCUT2D eigenvalue weighted by molar-refractivity contribution is 5.46. The van der Waals surface area contributed by atoms with Gasteiger partial charge in [0.25, 0.3) is 0 Å². The number of rotatable bonds is 13. The lowest BCUT2D eigenvalue weighted by Gasteiger charge is -2.24. The number of benzene rings is 2. The number of carbonyl (C=O) groups excluding carboxylic acids is 1. The van der Waals surface area contributed by atoms with Crippen LogP contribution >= 0.6 is 0 Å². The van der Waals surface area contributed by atoms with Gasteiger partial charge in [0.1, 0.15) is 12.4 Å². The number of hydrogen-bond acceptors (Lipinski definition) is 4. The zero-order chi connectivity index (χ0) is 21.7. The summed E-state index contributed by atoms with van der Waals surface area (Å²) in [6.45, 7) is 5.50. The summed E-state index contributed by atoms with van der Waals surface area (Å²) >= 11 is 0. The van der Waals surface area contributed by atoms with Crippen molar-refractivity contribution in [2.24, 2.45) is 5.92 Å². The fourth-order valence-corrected chi connectivity index (χ4v) is 4.03. The predicted octanol–water partition coefficient (Wildman–Crippen LogP) is 4.76. The van der Waals surface area contributed by atoms with E-state index in [1.807, 2.05) is 49.4 Å². The molecule has 2 aromatic rings. The summed E-state index contributed by atoms with van der Waals surface area (Å²) in [4.78, 5) is 17.2. The van der Waals surface area contributed by atoms with E-state index in [4.69, 9.17) is 9.57 Å². The maximum absolute atomic E-state index is 11.5. The Morgan fingerprint density at radius 2 is 1.77 bits per heavy atom. The molecule has 1 amide bonds. The lowest BCUT2D eigenvalue weighted by Crippen LogP contribution is -2.33. The smallest absolute Gasteiger partial charge is 0.233 e. The molecule has 1 heterocycles. The number of piperidine rings is 1. The summed E-state index contributed by atoms with van der Waals surface area (Å²) in [7, 11) is 0. The highest BCUT2D eigenvalue weighted by Crippen LogP contribution is 2.19. The Labute approximate surface area is 186 Å². The lowest BCUT2D eigenvalue weighted by atomic mass is 9.93. The van der Waals surface area contributed by atoms with Gasteiger partial charge in [-0.2, -0.15) is 0 Å². The van der Waals surface area contributed by atoms with Gasteiger partial charge in [-0.1, -0.05) is 48.9 Å². The molecule has 0 bridgehead atoms. The summed E-state index contributed by atoms with van der Waals surface area (Å²) in [6, 6.07) is 18.0. The van der Waals surface area contributed by atoms with Crippen LogP contribution < -0.4 is 10.1 Å². The maximum Gasteiger partial charge on any atom is 0.233 e. The monoisotopic (exact) mass is 424 g/mol. The van der Waals surface area contributed by atoms with Gasteiger partial charge in [0.15, 0.2) is 0 Å². The van der Waals surface area contributed by atoms with Crippen molar-refractivity contribution in [3.05, 3.63) is 65.7 Å². The van der Waals surface area contributed by atoms with Gasteiger partial charge >= 0.3 is 0 Å². The third kappa shape index (κ3) is 8.35. The van der Waals surface area contributed by atoms with Crippen molar-refractivity contribution in [1.82, 2.24) is 10.4 Å². The van der Waals surface area contributed by atoms with Gasteiger partial charge < -0.3 is 10.1 Å². The molecule has 1 aliphatic rings. The van der Waals surface area contributed by atoms with Gasteiger partial charge in [-0.05, 0) is 81.3 Å². The first-order valence-electron chi connectivity index (χ1n) is 11.6. The number of carbonyl (C=O) groups is 1. The number of nitrogens with zero attached hydrogens (tertiary/aromatic N) is 1. The molecule has 0 saturated carbocycles. The van der Waals surface area contributed by atoms with E-state index >= 15 is 0 Å². The van der Waals surface area contributed by atoms with E-state index in [1.54, 1.807) is 0 Å². The van der Waals surface area contributed by atoms with Crippen LogP contribution in [0.4, 0.5) is 0 Å².